The average molecular weight is 603 g/mol. The second-order valence-electron chi connectivity index (χ2n) is 9.38. The van der Waals surface area contributed by atoms with E-state index in [-0.39, 0.29) is 16.7 Å². The second kappa shape index (κ2) is 11.2. The minimum absolute atomic E-state index is 0.0588. The molecular formula is C32H18F8OS. The molecule has 0 aliphatic carbocycles. The SMILES string of the molecule is Cc1c(F)cc(OC(F)(F)c2c(F)cc(-c3ccc(-c4ccc(-c5ccc(S)cc5)cc4F)cc3F)cc2F)cc1F. The highest BCUT2D eigenvalue weighted by atomic mass is 32.1. The zero-order chi connectivity index (χ0) is 30.3. The van der Waals surface area contributed by atoms with Gasteiger partial charge in [0.1, 0.15) is 46.2 Å². The van der Waals surface area contributed by atoms with E-state index < -0.39 is 63.5 Å². The van der Waals surface area contributed by atoms with Gasteiger partial charge in [-0.05, 0) is 65.6 Å². The molecule has 0 unspecified atom stereocenters. The fourth-order valence-electron chi connectivity index (χ4n) is 4.39. The molecule has 0 heterocycles. The summed E-state index contributed by atoms with van der Waals surface area (Å²) in [6.45, 7) is 1.06. The second-order valence-corrected chi connectivity index (χ2v) is 9.90. The molecule has 0 aromatic heterocycles. The highest BCUT2D eigenvalue weighted by Crippen LogP contribution is 2.39. The van der Waals surface area contributed by atoms with Gasteiger partial charge in [0.25, 0.3) is 0 Å². The van der Waals surface area contributed by atoms with Crippen LogP contribution in [0, 0.1) is 41.8 Å². The summed E-state index contributed by atoms with van der Waals surface area (Å²) in [7, 11) is 0. The fraction of sp³-hybridized carbons (Fsp3) is 0.0625. The Balaban J connectivity index is 1.43. The normalized spacial score (nSPS) is 11.6. The van der Waals surface area contributed by atoms with Crippen molar-refractivity contribution in [3.8, 4) is 39.1 Å². The number of hydrogen-bond donors (Lipinski definition) is 1. The topological polar surface area (TPSA) is 9.23 Å². The Morgan fingerprint density at radius 1 is 0.524 bits per heavy atom. The molecule has 0 atom stereocenters. The lowest BCUT2D eigenvalue weighted by Gasteiger charge is -2.20. The molecule has 5 rings (SSSR count). The van der Waals surface area contributed by atoms with Crippen molar-refractivity contribution in [2.75, 3.05) is 0 Å². The molecule has 0 aliphatic rings. The van der Waals surface area contributed by atoms with E-state index in [2.05, 4.69) is 17.4 Å². The Morgan fingerprint density at radius 2 is 0.976 bits per heavy atom. The van der Waals surface area contributed by atoms with Gasteiger partial charge in [-0.2, -0.15) is 8.78 Å². The highest BCUT2D eigenvalue weighted by molar-refractivity contribution is 7.80. The Labute approximate surface area is 240 Å². The molecule has 5 aromatic rings. The smallest absolute Gasteiger partial charge is 0.429 e. The van der Waals surface area contributed by atoms with Crippen LogP contribution in [0.3, 0.4) is 0 Å². The minimum atomic E-state index is -4.68. The van der Waals surface area contributed by atoms with Crippen LogP contribution in [0.1, 0.15) is 11.1 Å². The largest absolute Gasteiger partial charge is 0.432 e. The van der Waals surface area contributed by atoms with Crippen LogP contribution < -0.4 is 4.74 Å². The lowest BCUT2D eigenvalue weighted by atomic mass is 9.96. The van der Waals surface area contributed by atoms with E-state index in [0.29, 0.717) is 29.8 Å². The third-order valence-electron chi connectivity index (χ3n) is 6.59. The van der Waals surface area contributed by atoms with E-state index >= 15 is 4.39 Å². The van der Waals surface area contributed by atoms with E-state index in [9.17, 15) is 30.7 Å². The van der Waals surface area contributed by atoms with Crippen molar-refractivity contribution >= 4 is 12.6 Å². The van der Waals surface area contributed by atoms with E-state index in [1.807, 2.05) is 0 Å². The van der Waals surface area contributed by atoms with Crippen LogP contribution >= 0.6 is 12.6 Å². The van der Waals surface area contributed by atoms with Gasteiger partial charge in [-0.15, -0.1) is 12.6 Å². The third-order valence-corrected chi connectivity index (χ3v) is 6.89. The van der Waals surface area contributed by atoms with Crippen LogP contribution in [0.15, 0.2) is 89.8 Å². The van der Waals surface area contributed by atoms with Gasteiger partial charge in [-0.3, -0.25) is 0 Å². The summed E-state index contributed by atoms with van der Waals surface area (Å²) in [6, 6.07) is 16.6. The molecule has 214 valence electrons. The van der Waals surface area contributed by atoms with Crippen LogP contribution in [-0.2, 0) is 6.11 Å². The number of thiol groups is 1. The third kappa shape index (κ3) is 5.72. The van der Waals surface area contributed by atoms with Gasteiger partial charge >= 0.3 is 6.11 Å². The number of halogens is 8. The standard InChI is InChI=1S/C32H18F8OS/c1-16-25(33)14-21(15-26(16)34)41-32(39,40)31-29(37)12-20(13-30(31)38)24-9-5-19(11-28(24)36)23-8-4-18(10-27(23)35)17-2-6-22(42)7-3-17/h2-15,42H,1H3. The molecule has 0 N–H and O–H groups in total. The van der Waals surface area contributed by atoms with Gasteiger partial charge in [0.2, 0.25) is 0 Å². The summed E-state index contributed by atoms with van der Waals surface area (Å²) in [5.74, 6) is -8.63. The lowest BCUT2D eigenvalue weighted by Crippen LogP contribution is -2.25. The quantitative estimate of drug-likeness (QED) is 0.150. The van der Waals surface area contributed by atoms with Gasteiger partial charge in [-0.25, -0.2) is 26.3 Å². The maximum Gasteiger partial charge on any atom is 0.432 e. The summed E-state index contributed by atoms with van der Waals surface area (Å²) in [4.78, 5) is 0.735. The molecule has 0 fully saturated rings. The molecule has 42 heavy (non-hydrogen) atoms. The lowest BCUT2D eigenvalue weighted by molar-refractivity contribution is -0.189. The number of benzene rings is 5. The van der Waals surface area contributed by atoms with Crippen LogP contribution in [0.5, 0.6) is 5.75 Å². The zero-order valence-electron chi connectivity index (χ0n) is 21.5. The summed E-state index contributed by atoms with van der Waals surface area (Å²) in [6.07, 6.45) is -4.68. The number of ether oxygens (including phenoxy) is 1. The van der Waals surface area contributed by atoms with Crippen molar-refractivity contribution < 1.29 is 39.9 Å². The highest BCUT2D eigenvalue weighted by Gasteiger charge is 2.41. The van der Waals surface area contributed by atoms with Gasteiger partial charge in [0, 0.05) is 33.7 Å². The molecule has 0 radical (unpaired) electrons. The Hall–Kier alpha value is -4.31. The first kappa shape index (κ1) is 29.2. The number of hydrogen-bond acceptors (Lipinski definition) is 2. The first-order valence-electron chi connectivity index (χ1n) is 12.3. The summed E-state index contributed by atoms with van der Waals surface area (Å²) >= 11 is 4.22. The molecular weight excluding hydrogens is 584 g/mol. The summed E-state index contributed by atoms with van der Waals surface area (Å²) in [5, 5.41) is 0. The van der Waals surface area contributed by atoms with E-state index in [0.717, 1.165) is 29.5 Å². The van der Waals surface area contributed by atoms with Gasteiger partial charge in [0.15, 0.2) is 0 Å². The summed E-state index contributed by atoms with van der Waals surface area (Å²) < 4.78 is 121. The van der Waals surface area contributed by atoms with Gasteiger partial charge < -0.3 is 4.74 Å². The van der Waals surface area contributed by atoms with E-state index in [1.165, 1.54) is 18.2 Å². The maximum atomic E-state index is 15.1. The molecule has 0 saturated heterocycles. The van der Waals surface area contributed by atoms with Crippen LogP contribution in [-0.4, -0.2) is 0 Å². The molecule has 10 heteroatoms. The van der Waals surface area contributed by atoms with E-state index in [1.54, 1.807) is 30.3 Å². The van der Waals surface area contributed by atoms with Crippen LogP contribution in [0.2, 0.25) is 0 Å². The van der Waals surface area contributed by atoms with Crippen molar-refractivity contribution in [2.24, 2.45) is 0 Å². The predicted molar refractivity (Wildman–Crippen MR) is 145 cm³/mol. The molecule has 0 spiro atoms. The molecule has 1 nitrogen and oxygen atoms in total. The number of rotatable bonds is 6. The molecule has 0 saturated carbocycles. The van der Waals surface area contributed by atoms with E-state index in [4.69, 9.17) is 0 Å². The van der Waals surface area contributed by atoms with Crippen LogP contribution in [0.25, 0.3) is 33.4 Å². The van der Waals surface area contributed by atoms with Crippen molar-refractivity contribution in [2.45, 2.75) is 17.9 Å². The van der Waals surface area contributed by atoms with Gasteiger partial charge in [0.05, 0.1) is 0 Å². The summed E-state index contributed by atoms with van der Waals surface area (Å²) in [5.41, 5.74) is -1.57. The minimum Gasteiger partial charge on any atom is -0.429 e. The monoisotopic (exact) mass is 602 g/mol. The van der Waals surface area contributed by atoms with Crippen LogP contribution in [0.4, 0.5) is 35.1 Å². The molecule has 0 amide bonds. The van der Waals surface area contributed by atoms with Crippen molar-refractivity contribution in [3.63, 3.8) is 0 Å². The molecule has 0 aliphatic heterocycles. The molecule has 5 aromatic carbocycles. The Kier molecular flexibility index (Phi) is 7.76. The van der Waals surface area contributed by atoms with Gasteiger partial charge in [-0.1, -0.05) is 36.4 Å². The average Bonchev–Trinajstić information content (AvgIpc) is 2.91. The fourth-order valence-corrected chi connectivity index (χ4v) is 4.54. The molecule has 0 bridgehead atoms. The predicted octanol–water partition coefficient (Wildman–Crippen LogP) is 10.2. The van der Waals surface area contributed by atoms with Crippen molar-refractivity contribution in [3.05, 3.63) is 131 Å². The Morgan fingerprint density at radius 3 is 1.52 bits per heavy atom. The maximum absolute atomic E-state index is 15.1. The zero-order valence-corrected chi connectivity index (χ0v) is 22.4. The van der Waals surface area contributed by atoms with Crippen molar-refractivity contribution in [1.82, 2.24) is 0 Å². The number of alkyl halides is 2. The first-order valence-corrected chi connectivity index (χ1v) is 12.7. The van der Waals surface area contributed by atoms with Crippen molar-refractivity contribution in [1.29, 1.82) is 0 Å². The first-order chi connectivity index (χ1) is 19.8. The Bertz CT molecular complexity index is 1770.